The third kappa shape index (κ3) is 4.05. The number of rotatable bonds is 4. The van der Waals surface area contributed by atoms with Crippen molar-refractivity contribution in [2.45, 2.75) is 51.1 Å². The Hall–Kier alpha value is -0.450. The van der Waals surface area contributed by atoms with E-state index in [2.05, 4.69) is 4.52 Å². The highest BCUT2D eigenvalue weighted by atomic mass is 31.1. The van der Waals surface area contributed by atoms with Gasteiger partial charge in [-0.25, -0.2) is 8.78 Å². The topological polar surface area (TPSA) is 63.6 Å². The Morgan fingerprint density at radius 2 is 1.88 bits per heavy atom. The molecule has 1 N–H and O–H groups in total. The van der Waals surface area contributed by atoms with Crippen molar-refractivity contribution in [2.24, 2.45) is 5.92 Å². The minimum atomic E-state index is -2.88. The van der Waals surface area contributed by atoms with Crippen molar-refractivity contribution in [3.63, 3.8) is 0 Å². The van der Waals surface area contributed by atoms with Crippen LogP contribution in [-0.2, 0) is 13.9 Å². The van der Waals surface area contributed by atoms with Gasteiger partial charge in [-0.15, -0.1) is 9.42 Å². The van der Waals surface area contributed by atoms with E-state index in [1.807, 2.05) is 0 Å². The van der Waals surface area contributed by atoms with Crippen LogP contribution in [-0.4, -0.2) is 22.2 Å². The Labute approximate surface area is 99.3 Å². The van der Waals surface area contributed by atoms with Gasteiger partial charge in [0.05, 0.1) is 0 Å². The molecular weight excluding hydrogens is 253 g/mol. The molecule has 0 aliphatic heterocycles. The molecule has 1 unspecified atom stereocenters. The van der Waals surface area contributed by atoms with Gasteiger partial charge in [-0.3, -0.25) is 4.79 Å². The molecule has 0 radical (unpaired) electrons. The van der Waals surface area contributed by atoms with E-state index in [0.29, 0.717) is 0 Å². The maximum absolute atomic E-state index is 12.9. The van der Waals surface area contributed by atoms with E-state index >= 15 is 0 Å². The fourth-order valence-corrected chi connectivity index (χ4v) is 2.51. The Morgan fingerprint density at radius 1 is 1.41 bits per heavy atom. The molecule has 98 valence electrons. The van der Waals surface area contributed by atoms with Crippen molar-refractivity contribution < 1.29 is 27.6 Å². The van der Waals surface area contributed by atoms with Crippen LogP contribution < -0.4 is 0 Å². The van der Waals surface area contributed by atoms with E-state index in [0.717, 1.165) is 0 Å². The minimum absolute atomic E-state index is 0.0981. The van der Waals surface area contributed by atoms with E-state index in [1.165, 1.54) is 13.8 Å². The quantitative estimate of drug-likeness (QED) is 0.797. The standard InChI is InChI=1S/C10H15F2O4P/c1-9(2,16-17(14)15)8(13)7-3-5-10(11,12)6-4-7/h7H,3-6H2,1-2H3/p+1. The van der Waals surface area contributed by atoms with Crippen LogP contribution in [0.3, 0.4) is 0 Å². The fourth-order valence-electron chi connectivity index (χ4n) is 2.03. The van der Waals surface area contributed by atoms with Gasteiger partial charge < -0.3 is 0 Å². The first kappa shape index (κ1) is 14.6. The van der Waals surface area contributed by atoms with Gasteiger partial charge in [0.25, 0.3) is 0 Å². The third-order valence-electron chi connectivity index (χ3n) is 2.99. The molecule has 0 heterocycles. The first-order valence-corrected chi connectivity index (χ1v) is 6.54. The number of halogens is 2. The summed E-state index contributed by atoms with van der Waals surface area (Å²) in [6.45, 7) is 2.76. The molecule has 1 atom stereocenters. The van der Waals surface area contributed by atoms with Crippen LogP contribution in [0.15, 0.2) is 0 Å². The molecule has 1 aliphatic carbocycles. The summed E-state index contributed by atoms with van der Waals surface area (Å²) >= 11 is 0. The van der Waals surface area contributed by atoms with E-state index in [9.17, 15) is 18.1 Å². The lowest BCUT2D eigenvalue weighted by molar-refractivity contribution is -0.140. The average molecular weight is 269 g/mol. The Balaban J connectivity index is 2.62. The summed E-state index contributed by atoms with van der Waals surface area (Å²) in [7, 11) is -2.88. The van der Waals surface area contributed by atoms with Crippen molar-refractivity contribution in [1.82, 2.24) is 0 Å². The van der Waals surface area contributed by atoms with Crippen molar-refractivity contribution in [2.75, 3.05) is 0 Å². The number of Topliss-reactive ketones (excluding diaryl/α,β-unsaturated/α-hetero) is 1. The number of hydrogen-bond acceptors (Lipinski definition) is 3. The average Bonchev–Trinajstić information content (AvgIpc) is 2.14. The second-order valence-corrected chi connectivity index (χ2v) is 5.49. The predicted molar refractivity (Wildman–Crippen MR) is 56.9 cm³/mol. The van der Waals surface area contributed by atoms with E-state index in [1.54, 1.807) is 0 Å². The molecule has 17 heavy (non-hydrogen) atoms. The molecule has 1 aliphatic rings. The molecule has 1 rings (SSSR count). The molecule has 1 fully saturated rings. The molecule has 0 amide bonds. The summed E-state index contributed by atoms with van der Waals surface area (Å²) in [6.07, 6.45) is -0.433. The molecule has 0 aromatic heterocycles. The van der Waals surface area contributed by atoms with Crippen molar-refractivity contribution in [3.05, 3.63) is 0 Å². The zero-order valence-electron chi connectivity index (χ0n) is 9.78. The SMILES string of the molecule is CC(C)(O[P+](=O)O)C(=O)C1CCC(F)(F)CC1. The lowest BCUT2D eigenvalue weighted by atomic mass is 9.79. The molecule has 1 saturated carbocycles. The maximum Gasteiger partial charge on any atom is 0.695 e. The number of hydrogen-bond donors (Lipinski definition) is 1. The molecule has 7 heteroatoms. The maximum atomic E-state index is 12.9. The Kier molecular flexibility index (Phi) is 4.33. The highest BCUT2D eigenvalue weighted by Gasteiger charge is 2.45. The number of carbonyl (C=O) groups excluding carboxylic acids is 1. The van der Waals surface area contributed by atoms with Gasteiger partial charge in [-0.2, -0.15) is 0 Å². The molecular formula is C10H16F2O4P+. The highest BCUT2D eigenvalue weighted by Crippen LogP contribution is 2.39. The summed E-state index contributed by atoms with van der Waals surface area (Å²) in [4.78, 5) is 20.6. The zero-order valence-corrected chi connectivity index (χ0v) is 10.7. The smallest absolute Gasteiger partial charge is 0.296 e. The van der Waals surface area contributed by atoms with Crippen LogP contribution in [0.2, 0.25) is 0 Å². The van der Waals surface area contributed by atoms with Crippen LogP contribution in [0.1, 0.15) is 39.5 Å². The zero-order chi connectivity index (χ0) is 13.3. The lowest BCUT2D eigenvalue weighted by Crippen LogP contribution is -2.41. The third-order valence-corrected chi connectivity index (χ3v) is 3.60. The largest absolute Gasteiger partial charge is 0.695 e. The van der Waals surface area contributed by atoms with Crippen LogP contribution in [0.25, 0.3) is 0 Å². The van der Waals surface area contributed by atoms with Crippen LogP contribution >= 0.6 is 8.25 Å². The normalized spacial score (nSPS) is 22.3. The molecule has 0 aromatic carbocycles. The number of carbonyl (C=O) groups is 1. The van der Waals surface area contributed by atoms with E-state index < -0.39 is 25.7 Å². The molecule has 4 nitrogen and oxygen atoms in total. The van der Waals surface area contributed by atoms with Gasteiger partial charge in [-0.05, 0) is 26.7 Å². The van der Waals surface area contributed by atoms with E-state index in [4.69, 9.17) is 4.89 Å². The summed E-state index contributed by atoms with van der Waals surface area (Å²) in [6, 6.07) is 0. The Morgan fingerprint density at radius 3 is 2.29 bits per heavy atom. The van der Waals surface area contributed by atoms with Crippen molar-refractivity contribution >= 4 is 14.0 Å². The first-order valence-electron chi connectivity index (χ1n) is 5.41. The summed E-state index contributed by atoms with van der Waals surface area (Å²) < 4.78 is 41.0. The molecule has 0 aromatic rings. The molecule has 0 saturated heterocycles. The van der Waals surface area contributed by atoms with E-state index in [-0.39, 0.29) is 31.5 Å². The lowest BCUT2D eigenvalue weighted by Gasteiger charge is -2.30. The fraction of sp³-hybridized carbons (Fsp3) is 0.900. The predicted octanol–water partition coefficient (Wildman–Crippen LogP) is 2.83. The monoisotopic (exact) mass is 269 g/mol. The molecule has 0 bridgehead atoms. The van der Waals surface area contributed by atoms with Gasteiger partial charge >= 0.3 is 8.25 Å². The molecule has 0 spiro atoms. The van der Waals surface area contributed by atoms with Gasteiger partial charge in [0.2, 0.25) is 5.92 Å². The summed E-state index contributed by atoms with van der Waals surface area (Å²) in [5, 5.41) is 0. The summed E-state index contributed by atoms with van der Waals surface area (Å²) in [5.74, 6) is -3.59. The first-order chi connectivity index (χ1) is 7.64. The van der Waals surface area contributed by atoms with Crippen LogP contribution in [0.5, 0.6) is 0 Å². The second kappa shape index (κ2) is 5.04. The number of ketones is 1. The van der Waals surface area contributed by atoms with Gasteiger partial charge in [-0.1, -0.05) is 0 Å². The van der Waals surface area contributed by atoms with Crippen molar-refractivity contribution in [1.29, 1.82) is 0 Å². The van der Waals surface area contributed by atoms with Gasteiger partial charge in [0.15, 0.2) is 11.4 Å². The summed E-state index contributed by atoms with van der Waals surface area (Å²) in [5.41, 5.74) is -1.40. The second-order valence-electron chi connectivity index (χ2n) is 4.83. The van der Waals surface area contributed by atoms with Crippen LogP contribution in [0, 0.1) is 5.92 Å². The highest BCUT2D eigenvalue weighted by molar-refractivity contribution is 7.32. The van der Waals surface area contributed by atoms with Crippen molar-refractivity contribution in [3.8, 4) is 0 Å². The Bertz CT molecular complexity index is 320. The van der Waals surface area contributed by atoms with Crippen LogP contribution in [0.4, 0.5) is 8.78 Å². The number of alkyl halides is 2. The minimum Gasteiger partial charge on any atom is -0.296 e. The van der Waals surface area contributed by atoms with Gasteiger partial charge in [0, 0.05) is 23.3 Å². The van der Waals surface area contributed by atoms with Gasteiger partial charge in [0.1, 0.15) is 0 Å².